The van der Waals surface area contributed by atoms with Gasteiger partial charge < -0.3 is 16.8 Å². The lowest BCUT2D eigenvalue weighted by atomic mass is 9.72. The topological polar surface area (TPSA) is 107 Å². The number of aromatic nitrogens is 2. The Bertz CT molecular complexity index is 1200. The molecule has 3 aromatic rings. The average molecular weight is 452 g/mol. The molecule has 4 rings (SSSR count). The molecule has 1 fully saturated rings. The van der Waals surface area contributed by atoms with E-state index >= 15 is 0 Å². The molecule has 0 saturated heterocycles. The highest BCUT2D eigenvalue weighted by Gasteiger charge is 2.34. The molecule has 2 aromatic heterocycles. The van der Waals surface area contributed by atoms with Gasteiger partial charge in [0, 0.05) is 17.8 Å². The van der Waals surface area contributed by atoms with Crippen LogP contribution in [0.2, 0.25) is 0 Å². The fourth-order valence-electron chi connectivity index (χ4n) is 4.66. The Hall–Kier alpha value is -3.23. The Morgan fingerprint density at radius 2 is 1.97 bits per heavy atom. The number of nitrogens with zero attached hydrogens (tertiary/aromatic N) is 2. The van der Waals surface area contributed by atoms with Crippen molar-refractivity contribution < 1.29 is 13.6 Å². The fourth-order valence-corrected chi connectivity index (χ4v) is 4.66. The van der Waals surface area contributed by atoms with Crippen LogP contribution in [0.1, 0.15) is 53.7 Å². The van der Waals surface area contributed by atoms with Gasteiger partial charge >= 0.3 is 0 Å². The van der Waals surface area contributed by atoms with Crippen molar-refractivity contribution in [2.24, 2.45) is 11.5 Å². The summed E-state index contributed by atoms with van der Waals surface area (Å²) in [6.07, 6.45) is 5.46. The number of carbonyl (C=O) groups excluding carboxylic acids is 1. The third-order valence-corrected chi connectivity index (χ3v) is 6.09. The zero-order chi connectivity index (χ0) is 23.8. The van der Waals surface area contributed by atoms with E-state index in [-0.39, 0.29) is 28.9 Å². The molecule has 0 aliphatic heterocycles. The first-order valence-electron chi connectivity index (χ1n) is 10.9. The van der Waals surface area contributed by atoms with Gasteiger partial charge in [0.2, 0.25) is 0 Å². The molecule has 3 atom stereocenters. The van der Waals surface area contributed by atoms with Gasteiger partial charge in [0.25, 0.3) is 5.91 Å². The molecule has 0 radical (unpaired) electrons. The minimum atomic E-state index is -0.740. The Balaban J connectivity index is 1.62. The summed E-state index contributed by atoms with van der Waals surface area (Å²) < 4.78 is 28.9. The lowest BCUT2D eigenvalue weighted by molar-refractivity contribution is 0.102. The molecule has 33 heavy (non-hydrogen) atoms. The van der Waals surface area contributed by atoms with Gasteiger partial charge in [-0.05, 0) is 74.4 Å². The van der Waals surface area contributed by atoms with E-state index in [1.807, 2.05) is 13.0 Å². The van der Waals surface area contributed by atoms with Gasteiger partial charge in [-0.25, -0.2) is 13.8 Å². The molecule has 1 aliphatic rings. The normalized spacial score (nSPS) is 22.7. The summed E-state index contributed by atoms with van der Waals surface area (Å²) in [5.74, 6) is -1.88. The molecule has 6 nitrogen and oxygen atoms in total. The van der Waals surface area contributed by atoms with Crippen molar-refractivity contribution in [3.8, 4) is 11.3 Å². The number of aryl methyl sites for hydroxylation is 1. The van der Waals surface area contributed by atoms with Crippen molar-refractivity contribution in [1.82, 2.24) is 9.97 Å². The second-order valence-corrected chi connectivity index (χ2v) is 9.13. The van der Waals surface area contributed by atoms with Crippen LogP contribution in [0.25, 0.3) is 11.3 Å². The summed E-state index contributed by atoms with van der Waals surface area (Å²) in [7, 11) is 0. The second-order valence-electron chi connectivity index (χ2n) is 9.13. The highest BCUT2D eigenvalue weighted by Crippen LogP contribution is 2.39. The highest BCUT2D eigenvalue weighted by atomic mass is 19.1. The molecule has 172 valence electrons. The zero-order valence-corrected chi connectivity index (χ0v) is 18.6. The van der Waals surface area contributed by atoms with E-state index < -0.39 is 23.1 Å². The first-order valence-corrected chi connectivity index (χ1v) is 10.9. The predicted octanol–water partition coefficient (Wildman–Crippen LogP) is 4.29. The number of hydrogen-bond acceptors (Lipinski definition) is 5. The van der Waals surface area contributed by atoms with Crippen LogP contribution in [-0.4, -0.2) is 27.5 Å². The number of benzene rings is 1. The predicted molar refractivity (Wildman–Crippen MR) is 124 cm³/mol. The van der Waals surface area contributed by atoms with Crippen LogP contribution in [0.3, 0.4) is 0 Å². The largest absolute Gasteiger partial charge is 0.328 e. The molecule has 1 saturated carbocycles. The summed E-state index contributed by atoms with van der Waals surface area (Å²) in [5, 5.41) is 2.85. The monoisotopic (exact) mass is 451 g/mol. The van der Waals surface area contributed by atoms with E-state index in [4.69, 9.17) is 11.5 Å². The molecule has 1 aliphatic carbocycles. The molecule has 0 spiro atoms. The second kappa shape index (κ2) is 8.96. The quantitative estimate of drug-likeness (QED) is 0.548. The Morgan fingerprint density at radius 3 is 2.73 bits per heavy atom. The summed E-state index contributed by atoms with van der Waals surface area (Å²) in [6, 6.07) is 8.88. The maximum atomic E-state index is 14.6. The van der Waals surface area contributed by atoms with Crippen molar-refractivity contribution in [2.45, 2.75) is 50.6 Å². The molecule has 1 unspecified atom stereocenters. The van der Waals surface area contributed by atoms with E-state index in [2.05, 4.69) is 15.3 Å². The van der Waals surface area contributed by atoms with Gasteiger partial charge in [0.1, 0.15) is 17.3 Å². The van der Waals surface area contributed by atoms with Crippen molar-refractivity contribution in [2.75, 3.05) is 5.32 Å². The van der Waals surface area contributed by atoms with E-state index in [9.17, 15) is 13.6 Å². The van der Waals surface area contributed by atoms with E-state index in [1.54, 1.807) is 25.4 Å². The third-order valence-electron chi connectivity index (χ3n) is 6.09. The molecule has 1 aromatic carbocycles. The number of nitrogens with one attached hydrogen (secondary N) is 1. The average Bonchev–Trinajstić information content (AvgIpc) is 2.76. The van der Waals surface area contributed by atoms with Crippen molar-refractivity contribution in [3.63, 3.8) is 0 Å². The SMILES string of the molecule is Cc1ccc(F)c(-c2cccc(C(=O)Nc3cnccc3[C@H]3C[C@@H](N)CC(C)(N)C3)n2)c1F. The lowest BCUT2D eigenvalue weighted by Crippen LogP contribution is -2.48. The van der Waals surface area contributed by atoms with Gasteiger partial charge in [-0.15, -0.1) is 0 Å². The third kappa shape index (κ3) is 4.91. The fraction of sp³-hybridized carbons (Fsp3) is 0.320. The molecule has 1 amide bonds. The minimum Gasteiger partial charge on any atom is -0.328 e. The highest BCUT2D eigenvalue weighted by molar-refractivity contribution is 6.03. The number of anilines is 1. The number of hydrogen-bond donors (Lipinski definition) is 3. The number of pyridine rings is 2. The van der Waals surface area contributed by atoms with Crippen LogP contribution in [0.5, 0.6) is 0 Å². The van der Waals surface area contributed by atoms with Crippen LogP contribution >= 0.6 is 0 Å². The first-order chi connectivity index (χ1) is 15.6. The van der Waals surface area contributed by atoms with Gasteiger partial charge in [-0.2, -0.15) is 0 Å². The number of halogens is 2. The van der Waals surface area contributed by atoms with E-state index in [0.717, 1.165) is 24.8 Å². The number of rotatable bonds is 4. The molecular weight excluding hydrogens is 424 g/mol. The molecule has 0 bridgehead atoms. The number of amides is 1. The Labute approximate surface area is 191 Å². The van der Waals surface area contributed by atoms with Gasteiger partial charge in [0.05, 0.1) is 23.1 Å². The van der Waals surface area contributed by atoms with Gasteiger partial charge in [-0.1, -0.05) is 12.1 Å². The maximum Gasteiger partial charge on any atom is 0.274 e. The van der Waals surface area contributed by atoms with E-state index in [0.29, 0.717) is 11.3 Å². The van der Waals surface area contributed by atoms with E-state index in [1.165, 1.54) is 24.3 Å². The summed E-state index contributed by atoms with van der Waals surface area (Å²) >= 11 is 0. The molecule has 2 heterocycles. The van der Waals surface area contributed by atoms with Gasteiger partial charge in [-0.3, -0.25) is 9.78 Å². The maximum absolute atomic E-state index is 14.6. The van der Waals surface area contributed by atoms with Crippen LogP contribution in [0.4, 0.5) is 14.5 Å². The van der Waals surface area contributed by atoms with Crippen LogP contribution in [-0.2, 0) is 0 Å². The number of carbonyl (C=O) groups is 1. The van der Waals surface area contributed by atoms with Crippen molar-refractivity contribution >= 4 is 11.6 Å². The zero-order valence-electron chi connectivity index (χ0n) is 18.6. The molecular formula is C25H27F2N5O. The summed E-state index contributed by atoms with van der Waals surface area (Å²) in [6.45, 7) is 3.53. The van der Waals surface area contributed by atoms with Crippen molar-refractivity contribution in [1.29, 1.82) is 0 Å². The minimum absolute atomic E-state index is 0.0339. The van der Waals surface area contributed by atoms with Crippen LogP contribution in [0, 0.1) is 18.6 Å². The Morgan fingerprint density at radius 1 is 1.18 bits per heavy atom. The lowest BCUT2D eigenvalue weighted by Gasteiger charge is -2.39. The van der Waals surface area contributed by atoms with Crippen LogP contribution in [0.15, 0.2) is 48.8 Å². The number of nitrogens with two attached hydrogens (primary N) is 2. The molecule has 8 heteroatoms. The first kappa shape index (κ1) is 22.9. The van der Waals surface area contributed by atoms with Crippen LogP contribution < -0.4 is 16.8 Å². The molecule has 5 N–H and O–H groups in total. The summed E-state index contributed by atoms with van der Waals surface area (Å²) in [4.78, 5) is 21.4. The Kier molecular flexibility index (Phi) is 6.23. The summed E-state index contributed by atoms with van der Waals surface area (Å²) in [5.41, 5.74) is 13.8. The van der Waals surface area contributed by atoms with Gasteiger partial charge in [0.15, 0.2) is 0 Å². The smallest absolute Gasteiger partial charge is 0.274 e. The standard InChI is InChI=1S/C25H27F2N5O/c1-14-6-7-18(26)22(23(14)27)19-4-3-5-20(31-19)24(33)32-21-13-30-9-8-17(21)15-10-16(28)12-25(2,29)11-15/h3-9,13,15-16H,10-12,28-29H2,1-2H3,(H,32,33)/t15-,16+,25?/m0/s1. The van der Waals surface area contributed by atoms with Crippen molar-refractivity contribution in [3.05, 3.63) is 77.2 Å².